The van der Waals surface area contributed by atoms with Gasteiger partial charge in [0.25, 0.3) is 0 Å². The Bertz CT molecular complexity index is 1130. The molecule has 2 aliphatic rings. The topological polar surface area (TPSA) is 64.6 Å². The second-order valence-electron chi connectivity index (χ2n) is 7.66. The first-order valence-electron chi connectivity index (χ1n) is 11.9. The second-order valence-corrected chi connectivity index (χ2v) is 9.53. The lowest BCUT2D eigenvalue weighted by Crippen LogP contribution is -2.46. The largest absolute Gasteiger partial charge is 0.341 e. The average molecular weight is 566 g/mol. The molecule has 188 valence electrons. The summed E-state index contributed by atoms with van der Waals surface area (Å²) in [4.78, 5) is 9.26. The fourth-order valence-corrected chi connectivity index (χ4v) is 4.55. The van der Waals surface area contributed by atoms with E-state index in [9.17, 15) is 0 Å². The summed E-state index contributed by atoms with van der Waals surface area (Å²) in [6, 6.07) is 16.2. The van der Waals surface area contributed by atoms with Crippen LogP contribution in [0, 0.1) is 0 Å². The SMILES string of the molecule is C=C.CC/C=C(\C=C/CSNCc1ccccn1)NC1=CC(c2ccccc2)=NC2=C(Br)CCNN12. The first-order valence-corrected chi connectivity index (χ1v) is 13.7. The Balaban J connectivity index is 0.00000176. The highest BCUT2D eigenvalue weighted by Gasteiger charge is 2.26. The quantitative estimate of drug-likeness (QED) is 0.138. The van der Waals surface area contributed by atoms with Gasteiger partial charge in [-0.05, 0) is 31.1 Å². The number of nitrogens with one attached hydrogen (secondary N) is 3. The number of rotatable bonds is 10. The number of pyridine rings is 1. The van der Waals surface area contributed by atoms with E-state index in [1.54, 1.807) is 11.9 Å². The zero-order chi connectivity index (χ0) is 25.6. The summed E-state index contributed by atoms with van der Waals surface area (Å²) < 4.78 is 4.46. The Labute approximate surface area is 227 Å². The van der Waals surface area contributed by atoms with E-state index >= 15 is 0 Å². The minimum Gasteiger partial charge on any atom is -0.341 e. The van der Waals surface area contributed by atoms with Crippen molar-refractivity contribution in [3.8, 4) is 0 Å². The lowest BCUT2D eigenvalue weighted by atomic mass is 10.1. The van der Waals surface area contributed by atoms with Gasteiger partial charge in [-0.2, -0.15) is 0 Å². The number of hydrazine groups is 1. The molecule has 0 unspecified atom stereocenters. The predicted octanol–water partition coefficient (Wildman–Crippen LogP) is 6.18. The molecule has 3 heterocycles. The van der Waals surface area contributed by atoms with Crippen LogP contribution in [0.1, 0.15) is 31.0 Å². The van der Waals surface area contributed by atoms with Crippen molar-refractivity contribution < 1.29 is 0 Å². The van der Waals surface area contributed by atoms with Crippen molar-refractivity contribution in [2.24, 2.45) is 4.99 Å². The number of hydrogen-bond acceptors (Lipinski definition) is 7. The van der Waals surface area contributed by atoms with Crippen LogP contribution in [0.2, 0.25) is 0 Å². The number of benzene rings is 1. The van der Waals surface area contributed by atoms with Gasteiger partial charge in [0.15, 0.2) is 5.82 Å². The molecular formula is C28H33BrN6S. The molecule has 0 aliphatic carbocycles. The minimum absolute atomic E-state index is 0.744. The van der Waals surface area contributed by atoms with Gasteiger partial charge in [-0.15, -0.1) is 13.2 Å². The fraction of sp³-hybridized carbons (Fsp3) is 0.214. The zero-order valence-corrected chi connectivity index (χ0v) is 23.0. The molecule has 0 saturated carbocycles. The highest BCUT2D eigenvalue weighted by atomic mass is 79.9. The highest BCUT2D eigenvalue weighted by molar-refractivity contribution is 9.11. The van der Waals surface area contributed by atoms with Crippen molar-refractivity contribution in [3.63, 3.8) is 0 Å². The number of allylic oxidation sites excluding steroid dienone is 3. The van der Waals surface area contributed by atoms with Crippen molar-refractivity contribution in [2.75, 3.05) is 12.3 Å². The van der Waals surface area contributed by atoms with Crippen LogP contribution in [0.4, 0.5) is 0 Å². The number of nitrogens with zero attached hydrogens (tertiary/aromatic N) is 3. The third-order valence-corrected chi connectivity index (χ3v) is 6.59. The molecule has 0 fully saturated rings. The van der Waals surface area contributed by atoms with E-state index in [1.165, 1.54) is 0 Å². The van der Waals surface area contributed by atoms with Gasteiger partial charge in [-0.25, -0.2) is 15.4 Å². The van der Waals surface area contributed by atoms with Gasteiger partial charge in [-0.1, -0.05) is 83.4 Å². The van der Waals surface area contributed by atoms with Crippen LogP contribution in [0.15, 0.2) is 119 Å². The molecule has 4 rings (SSSR count). The molecule has 0 atom stereocenters. The molecule has 2 aliphatic heterocycles. The van der Waals surface area contributed by atoms with Crippen molar-refractivity contribution in [2.45, 2.75) is 26.3 Å². The number of aliphatic imine (C=N–C) groups is 1. The van der Waals surface area contributed by atoms with Gasteiger partial charge in [0.2, 0.25) is 0 Å². The fourth-order valence-electron chi connectivity index (χ4n) is 3.52. The van der Waals surface area contributed by atoms with Gasteiger partial charge >= 0.3 is 0 Å². The van der Waals surface area contributed by atoms with E-state index in [0.717, 1.165) is 70.5 Å². The second kappa shape index (κ2) is 15.3. The Hall–Kier alpha value is -2.91. The summed E-state index contributed by atoms with van der Waals surface area (Å²) in [6.45, 7) is 9.74. The molecule has 0 bridgehead atoms. The van der Waals surface area contributed by atoms with Crippen molar-refractivity contribution in [3.05, 3.63) is 125 Å². The van der Waals surface area contributed by atoms with E-state index < -0.39 is 0 Å². The van der Waals surface area contributed by atoms with E-state index in [-0.39, 0.29) is 0 Å². The Morgan fingerprint density at radius 2 is 2.00 bits per heavy atom. The summed E-state index contributed by atoms with van der Waals surface area (Å²) in [5.41, 5.74) is 7.57. The van der Waals surface area contributed by atoms with Crippen molar-refractivity contribution >= 4 is 33.6 Å². The zero-order valence-electron chi connectivity index (χ0n) is 20.6. The Kier molecular flexibility index (Phi) is 11.7. The highest BCUT2D eigenvalue weighted by Crippen LogP contribution is 2.29. The molecule has 0 radical (unpaired) electrons. The minimum atomic E-state index is 0.744. The number of halogens is 1. The molecule has 2 aromatic rings. The maximum atomic E-state index is 4.92. The van der Waals surface area contributed by atoms with Crippen LogP contribution < -0.4 is 15.5 Å². The first-order chi connectivity index (χ1) is 17.7. The average Bonchev–Trinajstić information content (AvgIpc) is 2.93. The lowest BCUT2D eigenvalue weighted by molar-refractivity contribution is 0.274. The summed E-state index contributed by atoms with van der Waals surface area (Å²) >= 11 is 5.40. The molecule has 1 aromatic heterocycles. The molecule has 1 aromatic carbocycles. The van der Waals surface area contributed by atoms with Gasteiger partial charge in [0, 0.05) is 46.9 Å². The van der Waals surface area contributed by atoms with Crippen LogP contribution in [-0.2, 0) is 6.54 Å². The van der Waals surface area contributed by atoms with Crippen molar-refractivity contribution in [1.82, 2.24) is 25.5 Å². The van der Waals surface area contributed by atoms with Crippen LogP contribution >= 0.6 is 27.9 Å². The molecular weight excluding hydrogens is 532 g/mol. The van der Waals surface area contributed by atoms with Gasteiger partial charge in [-0.3, -0.25) is 9.71 Å². The molecule has 0 saturated heterocycles. The van der Waals surface area contributed by atoms with Crippen molar-refractivity contribution in [1.29, 1.82) is 0 Å². The number of hydrogen-bond donors (Lipinski definition) is 3. The Morgan fingerprint density at radius 1 is 1.19 bits per heavy atom. The molecule has 3 N–H and O–H groups in total. The van der Waals surface area contributed by atoms with Crippen LogP contribution in [-0.4, -0.2) is 28.0 Å². The summed E-state index contributed by atoms with van der Waals surface area (Å²) in [7, 11) is 0. The molecule has 0 amide bonds. The maximum absolute atomic E-state index is 4.92. The predicted molar refractivity (Wildman–Crippen MR) is 157 cm³/mol. The van der Waals surface area contributed by atoms with Crippen LogP contribution in [0.25, 0.3) is 0 Å². The monoisotopic (exact) mass is 564 g/mol. The Morgan fingerprint density at radius 3 is 2.75 bits per heavy atom. The van der Waals surface area contributed by atoms with Gasteiger partial charge < -0.3 is 5.32 Å². The summed E-state index contributed by atoms with van der Waals surface area (Å²) in [5.74, 6) is 2.69. The third-order valence-electron chi connectivity index (χ3n) is 5.13. The molecule has 36 heavy (non-hydrogen) atoms. The number of fused-ring (bicyclic) bond motifs is 1. The molecule has 8 heteroatoms. The van der Waals surface area contributed by atoms with E-state index in [1.807, 2.05) is 47.6 Å². The summed E-state index contributed by atoms with van der Waals surface area (Å²) in [6.07, 6.45) is 12.2. The van der Waals surface area contributed by atoms with Gasteiger partial charge in [0.05, 0.1) is 11.4 Å². The smallest absolute Gasteiger partial charge is 0.159 e. The molecule has 6 nitrogen and oxygen atoms in total. The van der Waals surface area contributed by atoms with Crippen LogP contribution in [0.5, 0.6) is 0 Å². The van der Waals surface area contributed by atoms with E-state index in [4.69, 9.17) is 4.99 Å². The lowest BCUT2D eigenvalue weighted by Gasteiger charge is -2.35. The standard InChI is InChI=1S/C26H29BrN6S.C2H4/c1-2-9-21(13-8-17-34-30-19-22-12-6-7-15-28-22)31-25-18-24(20-10-4-3-5-11-20)32-26-23(27)14-16-29-33(25)26;1-2/h3-13,15,18,29-31H,2,14,16-17,19H2,1H3;1-2H2/b13-8-,21-9+;. The normalized spacial score (nSPS) is 15.6. The van der Waals surface area contributed by atoms with Crippen LogP contribution in [0.3, 0.4) is 0 Å². The summed E-state index contributed by atoms with van der Waals surface area (Å²) in [5, 5.41) is 5.64. The molecule has 0 spiro atoms. The third kappa shape index (κ3) is 8.06. The van der Waals surface area contributed by atoms with Gasteiger partial charge in [0.1, 0.15) is 5.82 Å². The number of aromatic nitrogens is 1. The van der Waals surface area contributed by atoms with E-state index in [0.29, 0.717) is 0 Å². The van der Waals surface area contributed by atoms with E-state index in [2.05, 4.69) is 92.9 Å². The maximum Gasteiger partial charge on any atom is 0.159 e. The first kappa shape index (κ1) is 27.7.